The second-order valence-corrected chi connectivity index (χ2v) is 5.40. The molecule has 1 N–H and O–H groups in total. The number of halogens is 1. The van der Waals surface area contributed by atoms with Gasteiger partial charge in [0.1, 0.15) is 5.82 Å². The third-order valence-corrected chi connectivity index (χ3v) is 3.70. The van der Waals surface area contributed by atoms with Gasteiger partial charge in [0, 0.05) is 11.9 Å². The summed E-state index contributed by atoms with van der Waals surface area (Å²) >= 11 is 0. The molecule has 0 aliphatic rings. The highest BCUT2D eigenvalue weighted by Gasteiger charge is 2.10. The largest absolute Gasteiger partial charge is 0.322 e. The van der Waals surface area contributed by atoms with Crippen molar-refractivity contribution in [2.24, 2.45) is 0 Å². The molecule has 116 valence electrons. The van der Waals surface area contributed by atoms with Crippen LogP contribution < -0.4 is 5.32 Å². The van der Waals surface area contributed by atoms with Crippen molar-refractivity contribution in [1.82, 2.24) is 9.78 Å². The molecule has 2 aromatic carbocycles. The molecule has 0 aliphatic heterocycles. The molecule has 0 atom stereocenters. The van der Waals surface area contributed by atoms with Crippen LogP contribution in [0.3, 0.4) is 0 Å². The Morgan fingerprint density at radius 1 is 1.09 bits per heavy atom. The summed E-state index contributed by atoms with van der Waals surface area (Å²) < 4.78 is 14.5. The lowest BCUT2D eigenvalue weighted by Gasteiger charge is -2.06. The van der Waals surface area contributed by atoms with E-state index < -0.39 is 0 Å². The molecule has 23 heavy (non-hydrogen) atoms. The number of anilines is 1. The minimum atomic E-state index is -0.311. The van der Waals surface area contributed by atoms with Crippen LogP contribution in [0.1, 0.15) is 21.5 Å². The molecule has 3 aromatic rings. The second kappa shape index (κ2) is 6.04. The normalized spacial score (nSPS) is 10.6. The van der Waals surface area contributed by atoms with E-state index in [1.807, 2.05) is 32.0 Å². The minimum absolute atomic E-state index is 0.235. The van der Waals surface area contributed by atoms with Crippen molar-refractivity contribution in [2.45, 2.75) is 13.8 Å². The Hall–Kier alpha value is -2.95. The number of rotatable bonds is 3. The van der Waals surface area contributed by atoms with E-state index in [1.54, 1.807) is 18.3 Å². The summed E-state index contributed by atoms with van der Waals surface area (Å²) in [4.78, 5) is 12.3. The molecule has 0 fully saturated rings. The van der Waals surface area contributed by atoms with Gasteiger partial charge in [-0.3, -0.25) is 4.79 Å². The van der Waals surface area contributed by atoms with E-state index in [0.717, 1.165) is 11.3 Å². The van der Waals surface area contributed by atoms with Gasteiger partial charge in [-0.05, 0) is 61.4 Å². The summed E-state index contributed by atoms with van der Waals surface area (Å²) in [5, 5.41) is 6.99. The third-order valence-electron chi connectivity index (χ3n) is 3.70. The first-order valence-electron chi connectivity index (χ1n) is 7.22. The number of carbonyl (C=O) groups excluding carboxylic acids is 1. The predicted molar refractivity (Wildman–Crippen MR) is 87.4 cm³/mol. The molecule has 0 saturated heterocycles. The molecule has 0 bridgehead atoms. The van der Waals surface area contributed by atoms with Gasteiger partial charge in [0.25, 0.3) is 5.91 Å². The second-order valence-electron chi connectivity index (χ2n) is 5.40. The van der Waals surface area contributed by atoms with Crippen molar-refractivity contribution in [3.05, 3.63) is 77.4 Å². The third kappa shape index (κ3) is 3.29. The molecule has 5 heteroatoms. The molecule has 0 saturated carbocycles. The number of amides is 1. The zero-order valence-corrected chi connectivity index (χ0v) is 12.9. The van der Waals surface area contributed by atoms with E-state index >= 15 is 0 Å². The van der Waals surface area contributed by atoms with Crippen LogP contribution in [-0.2, 0) is 0 Å². The van der Waals surface area contributed by atoms with Crippen LogP contribution in [0.15, 0.2) is 54.9 Å². The lowest BCUT2D eigenvalue weighted by Crippen LogP contribution is -2.11. The average Bonchev–Trinajstić information content (AvgIpc) is 3.02. The number of nitrogens with one attached hydrogen (secondary N) is 1. The molecular weight excluding hydrogens is 293 g/mol. The van der Waals surface area contributed by atoms with Crippen LogP contribution in [0.25, 0.3) is 5.69 Å². The highest BCUT2D eigenvalue weighted by atomic mass is 19.1. The van der Waals surface area contributed by atoms with Crippen LogP contribution in [-0.4, -0.2) is 15.7 Å². The Morgan fingerprint density at radius 3 is 2.52 bits per heavy atom. The Kier molecular flexibility index (Phi) is 3.93. The molecule has 0 spiro atoms. The molecule has 1 aromatic heterocycles. The van der Waals surface area contributed by atoms with Crippen molar-refractivity contribution < 1.29 is 9.18 Å². The zero-order chi connectivity index (χ0) is 16.4. The minimum Gasteiger partial charge on any atom is -0.322 e. The van der Waals surface area contributed by atoms with Crippen molar-refractivity contribution in [3.8, 4) is 5.69 Å². The first-order chi connectivity index (χ1) is 11.0. The van der Waals surface area contributed by atoms with E-state index in [2.05, 4.69) is 10.4 Å². The van der Waals surface area contributed by atoms with Crippen LogP contribution in [0, 0.1) is 19.7 Å². The van der Waals surface area contributed by atoms with Crippen LogP contribution in [0.2, 0.25) is 0 Å². The molecule has 4 nitrogen and oxygen atoms in total. The molecule has 1 heterocycles. The summed E-state index contributed by atoms with van der Waals surface area (Å²) in [5.41, 5.74) is 4.16. The van der Waals surface area contributed by atoms with E-state index in [1.165, 1.54) is 28.6 Å². The van der Waals surface area contributed by atoms with Crippen molar-refractivity contribution in [1.29, 1.82) is 0 Å². The lowest BCUT2D eigenvalue weighted by molar-refractivity contribution is 0.102. The van der Waals surface area contributed by atoms with Gasteiger partial charge < -0.3 is 5.32 Å². The maximum absolute atomic E-state index is 12.9. The standard InChI is InChI=1S/C18H16FN3O/c1-12-3-6-16(9-13(12)2)21-18(23)14-10-20-22(11-14)17-7-4-15(19)5-8-17/h3-11H,1-2H3,(H,21,23). The quantitative estimate of drug-likeness (QED) is 0.798. The maximum Gasteiger partial charge on any atom is 0.258 e. The van der Waals surface area contributed by atoms with Crippen LogP contribution >= 0.6 is 0 Å². The Bertz CT molecular complexity index is 853. The lowest BCUT2D eigenvalue weighted by atomic mass is 10.1. The number of nitrogens with zero attached hydrogens (tertiary/aromatic N) is 2. The van der Waals surface area contributed by atoms with Crippen LogP contribution in [0.4, 0.5) is 10.1 Å². The molecule has 0 unspecified atom stereocenters. The van der Waals surface area contributed by atoms with Gasteiger partial charge in [0.05, 0.1) is 17.4 Å². The van der Waals surface area contributed by atoms with Crippen molar-refractivity contribution in [2.75, 3.05) is 5.32 Å². The van der Waals surface area contributed by atoms with E-state index in [-0.39, 0.29) is 11.7 Å². The molecule has 1 amide bonds. The van der Waals surface area contributed by atoms with Gasteiger partial charge in [0.2, 0.25) is 0 Å². The summed E-state index contributed by atoms with van der Waals surface area (Å²) in [6, 6.07) is 11.7. The first-order valence-corrected chi connectivity index (χ1v) is 7.22. The maximum atomic E-state index is 12.9. The monoisotopic (exact) mass is 309 g/mol. The average molecular weight is 309 g/mol. The molecule has 3 rings (SSSR count). The highest BCUT2D eigenvalue weighted by molar-refractivity contribution is 6.04. The number of benzene rings is 2. The van der Waals surface area contributed by atoms with E-state index in [4.69, 9.17) is 0 Å². The fourth-order valence-corrected chi connectivity index (χ4v) is 2.20. The van der Waals surface area contributed by atoms with Gasteiger partial charge >= 0.3 is 0 Å². The van der Waals surface area contributed by atoms with Gasteiger partial charge in [-0.1, -0.05) is 6.07 Å². The Labute approximate surface area is 133 Å². The summed E-state index contributed by atoms with van der Waals surface area (Å²) in [6.07, 6.45) is 3.10. The predicted octanol–water partition coefficient (Wildman–Crippen LogP) is 3.88. The SMILES string of the molecule is Cc1ccc(NC(=O)c2cnn(-c3ccc(F)cc3)c2)cc1C. The Morgan fingerprint density at radius 2 is 1.83 bits per heavy atom. The number of carbonyl (C=O) groups is 1. The molecule has 0 radical (unpaired) electrons. The Balaban J connectivity index is 1.78. The van der Waals surface area contributed by atoms with Gasteiger partial charge in [-0.25, -0.2) is 9.07 Å². The van der Waals surface area contributed by atoms with E-state index in [0.29, 0.717) is 11.3 Å². The number of aromatic nitrogens is 2. The number of hydrogen-bond acceptors (Lipinski definition) is 2. The molecular formula is C18H16FN3O. The summed E-state index contributed by atoms with van der Waals surface area (Å²) in [6.45, 7) is 4.02. The fourth-order valence-electron chi connectivity index (χ4n) is 2.20. The number of aryl methyl sites for hydroxylation is 2. The van der Waals surface area contributed by atoms with Gasteiger partial charge in [-0.2, -0.15) is 5.10 Å². The first kappa shape index (κ1) is 15.0. The number of hydrogen-bond donors (Lipinski definition) is 1. The summed E-state index contributed by atoms with van der Waals surface area (Å²) in [7, 11) is 0. The van der Waals surface area contributed by atoms with Crippen molar-refractivity contribution >= 4 is 11.6 Å². The van der Waals surface area contributed by atoms with Gasteiger partial charge in [-0.15, -0.1) is 0 Å². The zero-order valence-electron chi connectivity index (χ0n) is 12.9. The van der Waals surface area contributed by atoms with Crippen molar-refractivity contribution in [3.63, 3.8) is 0 Å². The van der Waals surface area contributed by atoms with Crippen LogP contribution in [0.5, 0.6) is 0 Å². The van der Waals surface area contributed by atoms with E-state index in [9.17, 15) is 9.18 Å². The fraction of sp³-hybridized carbons (Fsp3) is 0.111. The topological polar surface area (TPSA) is 46.9 Å². The highest BCUT2D eigenvalue weighted by Crippen LogP contribution is 2.16. The summed E-state index contributed by atoms with van der Waals surface area (Å²) in [5.74, 6) is -0.546. The molecule has 0 aliphatic carbocycles. The smallest absolute Gasteiger partial charge is 0.258 e. The van der Waals surface area contributed by atoms with Gasteiger partial charge in [0.15, 0.2) is 0 Å².